The number of aliphatic imine (C=N–C) groups is 1. The molecule has 1 aromatic heterocycles. The van der Waals surface area contributed by atoms with E-state index < -0.39 is 125 Å². The normalized spacial score (nSPS) is 12.4. The van der Waals surface area contributed by atoms with E-state index in [-0.39, 0.29) is 206 Å². The number of carboxylic acids is 1. The molecule has 0 aliphatic carbocycles. The van der Waals surface area contributed by atoms with Crippen LogP contribution >= 0.6 is 0 Å². The molecule has 0 aliphatic heterocycles. The second-order valence-electron chi connectivity index (χ2n) is 25.4. The van der Waals surface area contributed by atoms with Gasteiger partial charge in [-0.3, -0.25) is 46.6 Å². The molecule has 3 aromatic carbocycles. The van der Waals surface area contributed by atoms with Crippen LogP contribution in [0.1, 0.15) is 141 Å². The molecular weight excluding hydrogens is 1620 g/mol. The standard InChI is InChI=1S/C64H97N9O33S6/c1-64(2,3)106-63(78)69-21-31-105-59-55(97-23-6-4-16-49(70-65)44-66-18-8-19-67-60(74)46-38-51(99-25-10-32-107(79,80)81)57(103-29-14-36-111(91,92)93)52(39-46)100-26-11-33-108(82,83)84)42-48(62(76)77)43-56(59)98-24-7-5-17-50-45-73(72-71-50)22-9-20-68-61(75)47-40-53(101-27-12-34-109(85,86)87)58(104-30-15-37-112(94,95)96)54(41-47)102-28-13-35-110(88,89)90/h38-45H,4-37,65H2,1-3H3,(H,67,74)(H,68,75)(H,69,78)(H,76,77)(H,79,80,81)(H,82,83,84)(H,85,86,87)(H,88,89,90)(H,91,92,93)(H,94,95,96). The first kappa shape index (κ1) is 95.7. The second kappa shape index (κ2) is 47.1. The smallest absolute Gasteiger partial charge is 0.407 e. The minimum atomic E-state index is -4.39. The van der Waals surface area contributed by atoms with Crippen LogP contribution in [0, 0.1) is 0 Å². The van der Waals surface area contributed by atoms with Crippen molar-refractivity contribution in [2.75, 3.05) is 120 Å². The molecule has 112 heavy (non-hydrogen) atoms. The van der Waals surface area contributed by atoms with Crippen LogP contribution < -0.4 is 64.4 Å². The fraction of sp³-hybridized carbons (Fsp3) is 0.594. The predicted molar refractivity (Wildman–Crippen MR) is 402 cm³/mol. The van der Waals surface area contributed by atoms with E-state index in [1.165, 1.54) is 42.6 Å². The summed E-state index contributed by atoms with van der Waals surface area (Å²) in [5, 5.41) is 30.4. The first-order valence-corrected chi connectivity index (χ1v) is 44.4. The van der Waals surface area contributed by atoms with Crippen molar-refractivity contribution in [2.45, 2.75) is 123 Å². The van der Waals surface area contributed by atoms with Crippen LogP contribution in [0.3, 0.4) is 0 Å². The van der Waals surface area contributed by atoms with Crippen LogP contribution in [0.4, 0.5) is 4.79 Å². The van der Waals surface area contributed by atoms with Crippen LogP contribution in [-0.4, -0.2) is 259 Å². The number of ether oxygens (including phenoxy) is 10. The Morgan fingerprint density at radius 1 is 0.455 bits per heavy atom. The summed E-state index contributed by atoms with van der Waals surface area (Å²) in [7, 11) is -26.3. The van der Waals surface area contributed by atoms with Gasteiger partial charge in [-0.1, -0.05) is 5.21 Å². The number of amides is 3. The maximum absolute atomic E-state index is 13.6. The molecule has 0 radical (unpaired) electrons. The highest BCUT2D eigenvalue weighted by molar-refractivity contribution is 7.87. The van der Waals surface area contributed by atoms with Crippen LogP contribution in [0.15, 0.2) is 52.7 Å². The van der Waals surface area contributed by atoms with Crippen molar-refractivity contribution in [1.29, 1.82) is 0 Å². The van der Waals surface area contributed by atoms with Crippen LogP contribution in [-0.2, 0) is 78.4 Å². The number of aryl methyl sites for hydroxylation is 2. The number of hydrogen-bond donors (Lipinski definition) is 11. The number of rotatable bonds is 58. The Morgan fingerprint density at radius 2 is 0.804 bits per heavy atom. The van der Waals surface area contributed by atoms with Gasteiger partial charge in [0.05, 0.1) is 111 Å². The molecule has 0 saturated carbocycles. The van der Waals surface area contributed by atoms with E-state index in [9.17, 15) is 102 Å². The lowest BCUT2D eigenvalue weighted by molar-refractivity contribution is 0.0518. The molecule has 4 rings (SSSR count). The molecule has 1 heterocycles. The summed E-state index contributed by atoms with van der Waals surface area (Å²) in [6, 6.07) is 7.43. The quantitative estimate of drug-likeness (QED) is 0.00984. The number of unbranched alkanes of at least 4 members (excludes halogenated alkanes) is 2. The minimum absolute atomic E-state index is 0.0162. The molecule has 0 fully saturated rings. The van der Waals surface area contributed by atoms with E-state index in [0.717, 1.165) is 0 Å². The Labute approximate surface area is 649 Å². The van der Waals surface area contributed by atoms with Gasteiger partial charge in [0, 0.05) is 49.7 Å². The SMILES string of the molecule is CC(C)(C)OC(=O)NCCOc1c(OCCCCC(C=NCCCNC(=O)c2cc(OCCCS(=O)(=O)O)c(OCCCS(=O)(=O)O)c(OCCCS(=O)(=O)O)c2)=NN)cc(C(=O)O)cc1OCCCCc1cn(CCCNC(=O)c2cc(OCCCS(=O)(=O)O)c(OCCCS(=O)(=O)O)c(OCCCS(=O)(=O)O)c2)nn1. The number of hydrazone groups is 1. The fourth-order valence-electron chi connectivity index (χ4n) is 9.43. The summed E-state index contributed by atoms with van der Waals surface area (Å²) >= 11 is 0. The van der Waals surface area contributed by atoms with Crippen molar-refractivity contribution in [3.63, 3.8) is 0 Å². The van der Waals surface area contributed by atoms with Gasteiger partial charge in [-0.15, -0.1) is 5.10 Å². The summed E-state index contributed by atoms with van der Waals surface area (Å²) in [6.07, 6.45) is 4.21. The van der Waals surface area contributed by atoms with E-state index in [4.69, 9.17) is 53.2 Å². The number of hydrogen-bond acceptors (Lipinski definition) is 31. The van der Waals surface area contributed by atoms with E-state index in [1.807, 2.05) is 0 Å². The average molecular weight is 1710 g/mol. The summed E-state index contributed by atoms with van der Waals surface area (Å²) in [4.78, 5) is 56.3. The number of carboxylic acid groups (broad SMARTS) is 1. The van der Waals surface area contributed by atoms with Crippen molar-refractivity contribution >= 4 is 96.5 Å². The number of aromatic nitrogens is 3. The predicted octanol–water partition coefficient (Wildman–Crippen LogP) is 3.80. The summed E-state index contributed by atoms with van der Waals surface area (Å²) < 4.78 is 251. The zero-order chi connectivity index (χ0) is 83.2. The molecule has 42 nitrogen and oxygen atoms in total. The van der Waals surface area contributed by atoms with Gasteiger partial charge in [0.15, 0.2) is 34.5 Å². The zero-order valence-corrected chi connectivity index (χ0v) is 66.6. The molecule has 0 aliphatic rings. The molecular formula is C64H97N9O33S6. The van der Waals surface area contributed by atoms with Gasteiger partial charge in [-0.2, -0.15) is 55.6 Å². The first-order valence-electron chi connectivity index (χ1n) is 34.8. The van der Waals surface area contributed by atoms with Crippen LogP contribution in [0.25, 0.3) is 0 Å². The van der Waals surface area contributed by atoms with E-state index in [2.05, 4.69) is 36.4 Å². The highest BCUT2D eigenvalue weighted by Crippen LogP contribution is 2.42. The lowest BCUT2D eigenvalue weighted by Crippen LogP contribution is -2.34. The van der Waals surface area contributed by atoms with Crippen molar-refractivity contribution < 1.29 is 149 Å². The number of alkyl carbamates (subject to hydrolysis) is 1. The van der Waals surface area contributed by atoms with Gasteiger partial charge < -0.3 is 74.3 Å². The second-order valence-corrected chi connectivity index (χ2v) is 34.8. The monoisotopic (exact) mass is 1710 g/mol. The van der Waals surface area contributed by atoms with Gasteiger partial charge in [-0.05, 0) is 147 Å². The number of carbonyl (C=O) groups is 4. The van der Waals surface area contributed by atoms with Crippen LogP contribution in [0.5, 0.6) is 51.7 Å². The third-order valence-electron chi connectivity index (χ3n) is 14.4. The molecule has 48 heteroatoms. The maximum Gasteiger partial charge on any atom is 0.407 e. The van der Waals surface area contributed by atoms with Crippen molar-refractivity contribution in [2.24, 2.45) is 15.9 Å². The molecule has 0 unspecified atom stereocenters. The highest BCUT2D eigenvalue weighted by Gasteiger charge is 2.25. The Bertz CT molecular complexity index is 4380. The number of nitrogens with zero attached hydrogens (tertiary/aromatic N) is 5. The van der Waals surface area contributed by atoms with Gasteiger partial charge in [0.25, 0.3) is 72.5 Å². The van der Waals surface area contributed by atoms with Gasteiger partial charge >= 0.3 is 12.1 Å². The van der Waals surface area contributed by atoms with E-state index in [0.29, 0.717) is 56.4 Å². The molecule has 0 saturated heterocycles. The van der Waals surface area contributed by atoms with Gasteiger partial charge in [0.2, 0.25) is 17.2 Å². The van der Waals surface area contributed by atoms with Crippen molar-refractivity contribution in [3.05, 3.63) is 65.0 Å². The third kappa shape index (κ3) is 42.8. The molecule has 0 atom stereocenters. The molecule has 12 N–H and O–H groups in total. The molecule has 632 valence electrons. The number of nitrogens with two attached hydrogens (primary N) is 1. The number of aromatic carboxylic acids is 1. The highest BCUT2D eigenvalue weighted by atomic mass is 32.2. The van der Waals surface area contributed by atoms with Crippen molar-refractivity contribution in [3.8, 4) is 51.7 Å². The molecule has 0 bridgehead atoms. The molecule has 4 aromatic rings. The van der Waals surface area contributed by atoms with E-state index >= 15 is 0 Å². The van der Waals surface area contributed by atoms with Crippen molar-refractivity contribution in [1.82, 2.24) is 30.9 Å². The largest absolute Gasteiger partial charge is 0.490 e. The molecule has 0 spiro atoms. The van der Waals surface area contributed by atoms with E-state index in [1.54, 1.807) is 31.6 Å². The number of nitrogens with one attached hydrogen (secondary N) is 3. The first-order chi connectivity index (χ1) is 52.4. The summed E-state index contributed by atoms with van der Waals surface area (Å²) in [5.41, 5.74) is -0.145. The summed E-state index contributed by atoms with van der Waals surface area (Å²) in [6.45, 7) is 3.55. The minimum Gasteiger partial charge on any atom is -0.490 e. The Balaban J connectivity index is 1.36. The van der Waals surface area contributed by atoms with Gasteiger partial charge in [0.1, 0.15) is 12.2 Å². The zero-order valence-electron chi connectivity index (χ0n) is 61.7. The summed E-state index contributed by atoms with van der Waals surface area (Å²) in [5.74, 6) is -2.14. The lowest BCUT2D eigenvalue weighted by Gasteiger charge is -2.20. The Kier molecular flexibility index (Phi) is 40.2. The van der Waals surface area contributed by atoms with Gasteiger partial charge in [-0.25, -0.2) is 9.59 Å². The average Bonchev–Trinajstić information content (AvgIpc) is 0.930. The Hall–Kier alpha value is -8.72. The van der Waals surface area contributed by atoms with Crippen LogP contribution in [0.2, 0.25) is 0 Å². The third-order valence-corrected chi connectivity index (χ3v) is 19.2. The Morgan fingerprint density at radius 3 is 1.17 bits per heavy atom. The topological polar surface area (TPSA) is 625 Å². The fourth-order valence-corrected chi connectivity index (χ4v) is 12.3. The number of benzene rings is 3. The lowest BCUT2D eigenvalue weighted by atomic mass is 10.1. The maximum atomic E-state index is 13.6. The molecule has 3 amide bonds. The number of carbonyl (C=O) groups excluding carboxylic acids is 3.